The van der Waals surface area contributed by atoms with Crippen molar-refractivity contribution in [3.63, 3.8) is 0 Å². The molecule has 160 valence electrons. The number of carbonyl (C=O) groups excluding carboxylic acids is 1. The number of benzene rings is 1. The molecule has 5 nitrogen and oxygen atoms in total. The summed E-state index contributed by atoms with van der Waals surface area (Å²) in [6, 6.07) is 8.71. The summed E-state index contributed by atoms with van der Waals surface area (Å²) in [6.45, 7) is 6.20. The molecule has 0 spiro atoms. The molecular formula is C24H36N2O3. The lowest BCUT2D eigenvalue weighted by Crippen LogP contribution is -2.41. The van der Waals surface area contributed by atoms with Gasteiger partial charge in [0, 0.05) is 26.1 Å². The van der Waals surface area contributed by atoms with Crippen molar-refractivity contribution in [3.8, 4) is 5.75 Å². The maximum atomic E-state index is 12.3. The molecule has 0 atom stereocenters. The van der Waals surface area contributed by atoms with Crippen LogP contribution in [0.25, 0.3) is 0 Å². The average Bonchev–Trinajstić information content (AvgIpc) is 3.28. The Morgan fingerprint density at radius 3 is 2.34 bits per heavy atom. The first-order valence-electron chi connectivity index (χ1n) is 11.6. The molecule has 2 aliphatic heterocycles. The van der Waals surface area contributed by atoms with E-state index in [4.69, 9.17) is 9.47 Å². The van der Waals surface area contributed by atoms with Gasteiger partial charge in [0.15, 0.2) is 0 Å². The highest BCUT2D eigenvalue weighted by Gasteiger charge is 2.22. The maximum absolute atomic E-state index is 12.3. The van der Waals surface area contributed by atoms with E-state index in [0.717, 1.165) is 44.9 Å². The second kappa shape index (κ2) is 10.4. The Hall–Kier alpha value is -1.59. The Morgan fingerprint density at radius 2 is 1.66 bits per heavy atom. The molecule has 1 aromatic carbocycles. The highest BCUT2D eigenvalue weighted by atomic mass is 16.5. The van der Waals surface area contributed by atoms with Gasteiger partial charge in [-0.2, -0.15) is 0 Å². The first-order chi connectivity index (χ1) is 14.3. The zero-order valence-corrected chi connectivity index (χ0v) is 17.7. The summed E-state index contributed by atoms with van der Waals surface area (Å²) in [5, 5.41) is 0. The molecule has 0 N–H and O–H groups in total. The van der Waals surface area contributed by atoms with Crippen molar-refractivity contribution < 1.29 is 14.3 Å². The van der Waals surface area contributed by atoms with E-state index in [0.29, 0.717) is 37.6 Å². The van der Waals surface area contributed by atoms with Gasteiger partial charge in [0.25, 0.3) is 0 Å². The maximum Gasteiger partial charge on any atom is 0.222 e. The number of morpholine rings is 1. The van der Waals surface area contributed by atoms with Crippen LogP contribution >= 0.6 is 0 Å². The van der Waals surface area contributed by atoms with Crippen LogP contribution in [-0.2, 0) is 16.1 Å². The van der Waals surface area contributed by atoms with E-state index >= 15 is 0 Å². The first kappa shape index (κ1) is 20.7. The summed E-state index contributed by atoms with van der Waals surface area (Å²) < 4.78 is 11.4. The molecule has 0 bridgehead atoms. The van der Waals surface area contributed by atoms with Crippen molar-refractivity contribution >= 4 is 5.91 Å². The van der Waals surface area contributed by atoms with Gasteiger partial charge in [0.2, 0.25) is 5.91 Å². The van der Waals surface area contributed by atoms with E-state index in [-0.39, 0.29) is 0 Å². The average molecular weight is 401 g/mol. The molecule has 29 heavy (non-hydrogen) atoms. The van der Waals surface area contributed by atoms with Crippen LogP contribution in [0.3, 0.4) is 0 Å². The van der Waals surface area contributed by atoms with Crippen molar-refractivity contribution in [2.24, 2.45) is 5.92 Å². The van der Waals surface area contributed by atoms with Crippen molar-refractivity contribution in [1.29, 1.82) is 0 Å². The van der Waals surface area contributed by atoms with Crippen LogP contribution in [0.1, 0.15) is 56.9 Å². The molecule has 5 heteroatoms. The molecule has 0 unspecified atom stereocenters. The summed E-state index contributed by atoms with van der Waals surface area (Å²) in [5.41, 5.74) is 1.37. The quantitative estimate of drug-likeness (QED) is 0.697. The van der Waals surface area contributed by atoms with Crippen LogP contribution < -0.4 is 4.74 Å². The topological polar surface area (TPSA) is 42.0 Å². The Morgan fingerprint density at radius 1 is 0.966 bits per heavy atom. The Balaban J connectivity index is 1.14. The minimum atomic E-state index is 0.315. The molecule has 2 saturated heterocycles. The molecule has 2 heterocycles. The van der Waals surface area contributed by atoms with Gasteiger partial charge in [-0.3, -0.25) is 9.69 Å². The molecule has 1 aromatic rings. The second-order valence-electron chi connectivity index (χ2n) is 8.92. The molecule has 3 fully saturated rings. The third-order valence-corrected chi connectivity index (χ3v) is 6.77. The van der Waals surface area contributed by atoms with Gasteiger partial charge in [0.05, 0.1) is 19.3 Å². The van der Waals surface area contributed by atoms with E-state index in [2.05, 4.69) is 29.2 Å². The number of piperidine rings is 1. The molecule has 1 saturated carbocycles. The van der Waals surface area contributed by atoms with Crippen molar-refractivity contribution in [2.75, 3.05) is 39.4 Å². The molecular weight excluding hydrogens is 364 g/mol. The zero-order chi connectivity index (χ0) is 19.9. The minimum absolute atomic E-state index is 0.315. The minimum Gasteiger partial charge on any atom is -0.490 e. The summed E-state index contributed by atoms with van der Waals surface area (Å²) in [5.74, 6) is 2.03. The monoisotopic (exact) mass is 400 g/mol. The van der Waals surface area contributed by atoms with Crippen molar-refractivity contribution in [1.82, 2.24) is 9.80 Å². The van der Waals surface area contributed by atoms with E-state index in [1.807, 2.05) is 4.90 Å². The SMILES string of the molecule is O=C(CCC1CCN(Cc2ccc(OC3CCCC3)cc2)CC1)N1CCOCC1. The van der Waals surface area contributed by atoms with Gasteiger partial charge < -0.3 is 14.4 Å². The van der Waals surface area contributed by atoms with Crippen molar-refractivity contribution in [2.45, 2.75) is 64.0 Å². The molecule has 0 aromatic heterocycles. The third-order valence-electron chi connectivity index (χ3n) is 6.77. The van der Waals surface area contributed by atoms with Gasteiger partial charge in [0.1, 0.15) is 5.75 Å². The predicted octanol–water partition coefficient (Wildman–Crippen LogP) is 3.86. The van der Waals surface area contributed by atoms with Gasteiger partial charge in [-0.15, -0.1) is 0 Å². The van der Waals surface area contributed by atoms with E-state index in [1.54, 1.807) is 0 Å². The summed E-state index contributed by atoms with van der Waals surface area (Å²) >= 11 is 0. The number of rotatable bonds is 7. The molecule has 3 aliphatic rings. The number of carbonyl (C=O) groups is 1. The fourth-order valence-electron chi connectivity index (χ4n) is 4.86. The lowest BCUT2D eigenvalue weighted by atomic mass is 9.91. The highest BCUT2D eigenvalue weighted by molar-refractivity contribution is 5.76. The van der Waals surface area contributed by atoms with E-state index < -0.39 is 0 Å². The largest absolute Gasteiger partial charge is 0.490 e. The van der Waals surface area contributed by atoms with Gasteiger partial charge in [-0.1, -0.05) is 12.1 Å². The third kappa shape index (κ3) is 6.19. The first-order valence-corrected chi connectivity index (χ1v) is 11.6. The summed E-state index contributed by atoms with van der Waals surface area (Å²) in [7, 11) is 0. The highest BCUT2D eigenvalue weighted by Crippen LogP contribution is 2.26. The van der Waals surface area contributed by atoms with E-state index in [1.165, 1.54) is 44.1 Å². The molecule has 0 radical (unpaired) electrons. The molecule has 1 amide bonds. The van der Waals surface area contributed by atoms with Gasteiger partial charge >= 0.3 is 0 Å². The van der Waals surface area contributed by atoms with Gasteiger partial charge in [-0.05, 0) is 81.6 Å². The number of amides is 1. The fourth-order valence-corrected chi connectivity index (χ4v) is 4.86. The van der Waals surface area contributed by atoms with Crippen LogP contribution in [0.2, 0.25) is 0 Å². The standard InChI is InChI=1S/C24H36N2O3/c27-24(26-15-17-28-18-16-26)10-7-20-11-13-25(14-12-20)19-21-5-8-23(9-6-21)29-22-3-1-2-4-22/h5-6,8-9,20,22H,1-4,7,10-19H2. The van der Waals surface area contributed by atoms with Gasteiger partial charge in [-0.25, -0.2) is 0 Å². The summed E-state index contributed by atoms with van der Waals surface area (Å²) in [6.07, 6.45) is 9.60. The van der Waals surface area contributed by atoms with Crippen LogP contribution in [0.4, 0.5) is 0 Å². The second-order valence-corrected chi connectivity index (χ2v) is 8.92. The lowest BCUT2D eigenvalue weighted by Gasteiger charge is -2.32. The molecule has 1 aliphatic carbocycles. The number of hydrogen-bond donors (Lipinski definition) is 0. The Kier molecular flexibility index (Phi) is 7.44. The van der Waals surface area contributed by atoms with Crippen LogP contribution in [0.5, 0.6) is 5.75 Å². The number of nitrogens with zero attached hydrogens (tertiary/aromatic N) is 2. The zero-order valence-electron chi connectivity index (χ0n) is 17.7. The Labute approximate surface area is 175 Å². The fraction of sp³-hybridized carbons (Fsp3) is 0.708. The van der Waals surface area contributed by atoms with Crippen LogP contribution in [0, 0.1) is 5.92 Å². The lowest BCUT2D eigenvalue weighted by molar-refractivity contribution is -0.135. The van der Waals surface area contributed by atoms with Crippen LogP contribution in [0.15, 0.2) is 24.3 Å². The summed E-state index contributed by atoms with van der Waals surface area (Å²) in [4.78, 5) is 16.9. The number of likely N-dealkylation sites (tertiary alicyclic amines) is 1. The Bertz CT molecular complexity index is 628. The van der Waals surface area contributed by atoms with Crippen molar-refractivity contribution in [3.05, 3.63) is 29.8 Å². The van der Waals surface area contributed by atoms with E-state index in [9.17, 15) is 4.79 Å². The molecule has 4 rings (SSSR count). The van der Waals surface area contributed by atoms with Crippen LogP contribution in [-0.4, -0.2) is 61.2 Å². The normalized spacial score (nSPS) is 22.1. The number of ether oxygens (including phenoxy) is 2. The number of hydrogen-bond acceptors (Lipinski definition) is 4. The smallest absolute Gasteiger partial charge is 0.222 e. The predicted molar refractivity (Wildman–Crippen MR) is 114 cm³/mol.